The number of amides is 1. The van der Waals surface area contributed by atoms with Gasteiger partial charge in [-0.2, -0.15) is 0 Å². The summed E-state index contributed by atoms with van der Waals surface area (Å²) in [5, 5.41) is 0. The van der Waals surface area contributed by atoms with Gasteiger partial charge in [-0.25, -0.2) is 13.1 Å². The molecule has 0 aliphatic carbocycles. The van der Waals surface area contributed by atoms with Crippen LogP contribution < -0.4 is 9.46 Å². The fourth-order valence-corrected chi connectivity index (χ4v) is 4.15. The number of sulfonamides is 1. The number of carbonyl (C=O) groups is 1. The molecule has 152 valence electrons. The average Bonchev–Trinajstić information content (AvgIpc) is 2.65. The second-order valence-electron chi connectivity index (χ2n) is 7.28. The third-order valence-corrected chi connectivity index (χ3v) is 6.08. The molecule has 1 N–H and O–H groups in total. The number of carbonyl (C=O) groups excluding carboxylic acids is 1. The molecule has 1 saturated heterocycles. The van der Waals surface area contributed by atoms with Crippen LogP contribution in [-0.2, 0) is 14.8 Å². The van der Waals surface area contributed by atoms with Crippen LogP contribution in [0.3, 0.4) is 0 Å². The number of piperazine rings is 1. The van der Waals surface area contributed by atoms with Crippen LogP contribution in [0.2, 0.25) is 0 Å². The highest BCUT2D eigenvalue weighted by molar-refractivity contribution is 7.89. The van der Waals surface area contributed by atoms with Gasteiger partial charge in [0, 0.05) is 32.7 Å². The second kappa shape index (κ2) is 9.52. The van der Waals surface area contributed by atoms with Crippen molar-refractivity contribution in [3.63, 3.8) is 0 Å². The summed E-state index contributed by atoms with van der Waals surface area (Å²) in [5.74, 6) is 0.715. The van der Waals surface area contributed by atoms with Crippen LogP contribution in [0.1, 0.15) is 26.3 Å². The zero-order valence-electron chi connectivity index (χ0n) is 16.7. The molecule has 0 spiro atoms. The van der Waals surface area contributed by atoms with Crippen LogP contribution >= 0.6 is 0 Å². The first-order valence-corrected chi connectivity index (χ1v) is 10.9. The second-order valence-corrected chi connectivity index (χ2v) is 9.04. The minimum atomic E-state index is -3.54. The maximum Gasteiger partial charge on any atom is 0.260 e. The SMILES string of the molecule is CCN1CCN(C(=O)COc2ccc(S(=O)(=O)NCC(C)C)cc2C)CC1. The molecule has 0 saturated carbocycles. The molecule has 1 fully saturated rings. The molecule has 2 rings (SSSR count). The van der Waals surface area contributed by atoms with E-state index in [1.165, 1.54) is 6.07 Å². The number of likely N-dealkylation sites (N-methyl/N-ethyl adjacent to an activating group) is 1. The summed E-state index contributed by atoms with van der Waals surface area (Å²) in [5.41, 5.74) is 0.686. The first-order chi connectivity index (χ1) is 12.7. The Balaban J connectivity index is 1.93. The Labute approximate surface area is 162 Å². The van der Waals surface area contributed by atoms with Gasteiger partial charge in [0.05, 0.1) is 4.90 Å². The first-order valence-electron chi connectivity index (χ1n) is 9.46. The van der Waals surface area contributed by atoms with Gasteiger partial charge in [-0.15, -0.1) is 0 Å². The molecule has 1 aromatic carbocycles. The Bertz CT molecular complexity index is 741. The summed E-state index contributed by atoms with van der Waals surface area (Å²) >= 11 is 0. The summed E-state index contributed by atoms with van der Waals surface area (Å²) in [6, 6.07) is 4.69. The monoisotopic (exact) mass is 397 g/mol. The fraction of sp³-hybridized carbons (Fsp3) is 0.632. The molecule has 1 aliphatic heterocycles. The third-order valence-electron chi connectivity index (χ3n) is 4.66. The highest BCUT2D eigenvalue weighted by atomic mass is 32.2. The van der Waals surface area contributed by atoms with E-state index >= 15 is 0 Å². The van der Waals surface area contributed by atoms with Crippen molar-refractivity contribution in [3.05, 3.63) is 23.8 Å². The molecule has 1 heterocycles. The summed E-state index contributed by atoms with van der Waals surface area (Å²) in [4.78, 5) is 16.7. The van der Waals surface area contributed by atoms with E-state index in [1.807, 2.05) is 18.7 Å². The highest BCUT2D eigenvalue weighted by Crippen LogP contribution is 2.22. The van der Waals surface area contributed by atoms with Gasteiger partial charge in [-0.3, -0.25) is 4.79 Å². The minimum absolute atomic E-state index is 0.0370. The van der Waals surface area contributed by atoms with E-state index in [1.54, 1.807) is 19.1 Å². The van der Waals surface area contributed by atoms with Crippen molar-refractivity contribution in [1.82, 2.24) is 14.5 Å². The van der Waals surface area contributed by atoms with E-state index in [4.69, 9.17) is 4.74 Å². The maximum atomic E-state index is 12.3. The molecule has 8 heteroatoms. The Morgan fingerprint density at radius 1 is 1.22 bits per heavy atom. The Morgan fingerprint density at radius 3 is 2.44 bits per heavy atom. The molecule has 0 aromatic heterocycles. The lowest BCUT2D eigenvalue weighted by Gasteiger charge is -2.34. The van der Waals surface area contributed by atoms with Gasteiger partial charge in [-0.1, -0.05) is 20.8 Å². The summed E-state index contributed by atoms with van der Waals surface area (Å²) in [6.45, 7) is 12.3. The van der Waals surface area contributed by atoms with E-state index in [2.05, 4.69) is 16.5 Å². The Hall–Kier alpha value is -1.64. The molecular formula is C19H31N3O4S. The Kier molecular flexibility index (Phi) is 7.64. The maximum absolute atomic E-state index is 12.3. The average molecular weight is 398 g/mol. The van der Waals surface area contributed by atoms with Crippen LogP contribution in [0, 0.1) is 12.8 Å². The number of ether oxygens (including phenoxy) is 1. The Morgan fingerprint density at radius 2 is 1.89 bits per heavy atom. The van der Waals surface area contributed by atoms with Gasteiger partial charge in [0.25, 0.3) is 5.91 Å². The predicted molar refractivity (Wildman–Crippen MR) is 105 cm³/mol. The van der Waals surface area contributed by atoms with Gasteiger partial charge < -0.3 is 14.5 Å². The van der Waals surface area contributed by atoms with Crippen LogP contribution in [0.4, 0.5) is 0 Å². The quantitative estimate of drug-likeness (QED) is 0.719. The van der Waals surface area contributed by atoms with E-state index in [-0.39, 0.29) is 23.3 Å². The standard InChI is InChI=1S/C19H31N3O4S/c1-5-21-8-10-22(11-9-21)19(23)14-26-18-7-6-17(12-16(18)4)27(24,25)20-13-15(2)3/h6-7,12,15,20H,5,8-11,13-14H2,1-4H3. The number of nitrogens with one attached hydrogen (secondary N) is 1. The topological polar surface area (TPSA) is 79.0 Å². The number of nitrogens with zero attached hydrogens (tertiary/aromatic N) is 2. The van der Waals surface area contributed by atoms with Crippen LogP contribution in [-0.4, -0.2) is 70.0 Å². The van der Waals surface area contributed by atoms with Crippen molar-refractivity contribution in [3.8, 4) is 5.75 Å². The number of rotatable bonds is 8. The van der Waals surface area contributed by atoms with E-state index < -0.39 is 10.0 Å². The molecule has 1 amide bonds. The molecule has 0 radical (unpaired) electrons. The van der Waals surface area contributed by atoms with Crippen LogP contribution in [0.25, 0.3) is 0 Å². The summed E-state index contributed by atoms with van der Waals surface area (Å²) < 4.78 is 32.9. The zero-order chi connectivity index (χ0) is 20.0. The number of hydrogen-bond acceptors (Lipinski definition) is 5. The van der Waals surface area contributed by atoms with Gasteiger partial charge >= 0.3 is 0 Å². The van der Waals surface area contributed by atoms with Crippen molar-refractivity contribution >= 4 is 15.9 Å². The lowest BCUT2D eigenvalue weighted by molar-refractivity contribution is -0.135. The van der Waals surface area contributed by atoms with Crippen molar-refractivity contribution in [2.45, 2.75) is 32.6 Å². The van der Waals surface area contributed by atoms with Gasteiger partial charge in [0.15, 0.2) is 6.61 Å². The largest absolute Gasteiger partial charge is 0.483 e. The fourth-order valence-electron chi connectivity index (χ4n) is 2.85. The van der Waals surface area contributed by atoms with Crippen LogP contribution in [0.5, 0.6) is 5.75 Å². The molecule has 7 nitrogen and oxygen atoms in total. The lowest BCUT2D eigenvalue weighted by atomic mass is 10.2. The smallest absolute Gasteiger partial charge is 0.260 e. The molecule has 1 aliphatic rings. The zero-order valence-corrected chi connectivity index (χ0v) is 17.5. The third kappa shape index (κ3) is 6.19. The molecule has 0 bridgehead atoms. The van der Waals surface area contributed by atoms with Crippen molar-refractivity contribution in [1.29, 1.82) is 0 Å². The normalized spacial score (nSPS) is 16.0. The van der Waals surface area contributed by atoms with Crippen molar-refractivity contribution in [2.75, 3.05) is 45.9 Å². The molecule has 0 unspecified atom stereocenters. The lowest BCUT2D eigenvalue weighted by Crippen LogP contribution is -2.49. The van der Waals surface area contributed by atoms with E-state index in [9.17, 15) is 13.2 Å². The van der Waals surface area contributed by atoms with E-state index in [0.717, 1.165) is 19.6 Å². The number of aryl methyl sites for hydroxylation is 1. The minimum Gasteiger partial charge on any atom is -0.483 e. The molecule has 0 atom stereocenters. The van der Waals surface area contributed by atoms with E-state index in [0.29, 0.717) is 30.9 Å². The summed E-state index contributed by atoms with van der Waals surface area (Å²) in [6.07, 6.45) is 0. The van der Waals surface area contributed by atoms with Gasteiger partial charge in [0.2, 0.25) is 10.0 Å². The van der Waals surface area contributed by atoms with Crippen molar-refractivity contribution in [2.24, 2.45) is 5.92 Å². The molecule has 27 heavy (non-hydrogen) atoms. The van der Waals surface area contributed by atoms with Gasteiger partial charge in [0.1, 0.15) is 5.75 Å². The molecular weight excluding hydrogens is 366 g/mol. The van der Waals surface area contributed by atoms with Gasteiger partial charge in [-0.05, 0) is 43.1 Å². The summed E-state index contributed by atoms with van der Waals surface area (Å²) in [7, 11) is -3.54. The predicted octanol–water partition coefficient (Wildman–Crippen LogP) is 1.47. The van der Waals surface area contributed by atoms with Crippen molar-refractivity contribution < 1.29 is 17.9 Å². The van der Waals surface area contributed by atoms with Crippen LogP contribution in [0.15, 0.2) is 23.1 Å². The molecule has 1 aromatic rings. The number of hydrogen-bond donors (Lipinski definition) is 1. The first kappa shape index (κ1) is 21.7. The number of benzene rings is 1. The highest BCUT2D eigenvalue weighted by Gasteiger charge is 2.21.